The van der Waals surface area contributed by atoms with Gasteiger partial charge in [0.1, 0.15) is 17.8 Å². The van der Waals surface area contributed by atoms with E-state index in [1.807, 2.05) is 27.2 Å². The average Bonchev–Trinajstić information content (AvgIpc) is 3.55. The molecule has 1 saturated heterocycles. The first-order valence-corrected chi connectivity index (χ1v) is 11.3. The Morgan fingerprint density at radius 3 is 2.94 bits per heavy atom. The van der Waals surface area contributed by atoms with E-state index in [1.54, 1.807) is 11.3 Å². The molecule has 4 aromatic rings. The van der Waals surface area contributed by atoms with Crippen molar-refractivity contribution < 1.29 is 4.79 Å². The van der Waals surface area contributed by atoms with Crippen LogP contribution in [0.25, 0.3) is 32.5 Å². The minimum Gasteiger partial charge on any atom is -0.383 e. The summed E-state index contributed by atoms with van der Waals surface area (Å²) in [5.74, 6) is 0.795. The third-order valence-electron chi connectivity index (χ3n) is 6.74. The van der Waals surface area contributed by atoms with Gasteiger partial charge in [-0.3, -0.25) is 4.79 Å². The van der Waals surface area contributed by atoms with E-state index in [1.165, 1.54) is 12.4 Å². The van der Waals surface area contributed by atoms with E-state index in [4.69, 9.17) is 10.8 Å². The molecule has 4 heterocycles. The van der Waals surface area contributed by atoms with Gasteiger partial charge in [-0.15, -0.1) is 11.3 Å². The van der Waals surface area contributed by atoms with E-state index in [0.717, 1.165) is 58.3 Å². The highest BCUT2D eigenvalue weighted by Gasteiger charge is 2.46. The fraction of sp³-hybridized carbons (Fsp3) is 0.318. The van der Waals surface area contributed by atoms with Crippen LogP contribution in [-0.2, 0) is 4.79 Å². The quantitative estimate of drug-likeness (QED) is 0.499. The van der Waals surface area contributed by atoms with Gasteiger partial charge in [0.05, 0.1) is 27.2 Å². The van der Waals surface area contributed by atoms with Gasteiger partial charge in [0.2, 0.25) is 5.91 Å². The second kappa shape index (κ2) is 6.84. The van der Waals surface area contributed by atoms with Crippen LogP contribution in [0.15, 0.2) is 42.7 Å². The third kappa shape index (κ3) is 2.69. The van der Waals surface area contributed by atoms with E-state index in [9.17, 15) is 4.79 Å². The Morgan fingerprint density at radius 1 is 1.19 bits per heavy atom. The number of thiazole rings is 1. The lowest BCUT2D eigenvalue weighted by atomic mass is 10.00. The van der Waals surface area contributed by atoms with Gasteiger partial charge in [-0.1, -0.05) is 12.6 Å². The molecular formula is C22H21N7OS. The maximum absolute atomic E-state index is 12.3. The summed E-state index contributed by atoms with van der Waals surface area (Å²) in [4.78, 5) is 27.4. The Kier molecular flexibility index (Phi) is 4.07. The van der Waals surface area contributed by atoms with Crippen molar-refractivity contribution in [3.63, 3.8) is 0 Å². The molecule has 31 heavy (non-hydrogen) atoms. The van der Waals surface area contributed by atoms with E-state index in [-0.39, 0.29) is 18.0 Å². The molecule has 0 spiro atoms. The van der Waals surface area contributed by atoms with Crippen molar-refractivity contribution in [1.82, 2.24) is 29.6 Å². The number of amides is 1. The smallest absolute Gasteiger partial charge is 0.246 e. The number of nitrogen functional groups attached to an aromatic ring is 1. The first-order chi connectivity index (χ1) is 15.2. The molecule has 9 heteroatoms. The number of nitrogens with two attached hydrogens (primary N) is 1. The van der Waals surface area contributed by atoms with Crippen LogP contribution in [0.5, 0.6) is 0 Å². The molecule has 2 aliphatic rings. The highest BCUT2D eigenvalue weighted by Crippen LogP contribution is 2.46. The van der Waals surface area contributed by atoms with Gasteiger partial charge in [-0.05, 0) is 37.5 Å². The SMILES string of the molecule is C=CC(=O)N1CCC2C1CCC2n1nc(-c2ccc3ncsc3c2)c2c(N)ncnc21. The highest BCUT2D eigenvalue weighted by molar-refractivity contribution is 7.16. The molecule has 8 nitrogen and oxygen atoms in total. The summed E-state index contributed by atoms with van der Waals surface area (Å²) < 4.78 is 3.14. The molecule has 0 bridgehead atoms. The standard InChI is InChI=1S/C22H21N7OS/c1-2-18(30)28-8-7-13-15(28)5-6-16(13)29-22-19(21(23)24-10-25-22)20(27-29)12-3-4-14-17(9-12)31-11-26-14/h2-4,9-11,13,15-16H,1,5-8H2,(H2,23,24,25). The van der Waals surface area contributed by atoms with E-state index < -0.39 is 0 Å². The molecule has 2 N–H and O–H groups in total. The maximum Gasteiger partial charge on any atom is 0.246 e. The molecule has 3 aromatic heterocycles. The molecule has 0 radical (unpaired) electrons. The number of rotatable bonds is 3. The van der Waals surface area contributed by atoms with Gasteiger partial charge in [-0.2, -0.15) is 5.10 Å². The Morgan fingerprint density at radius 2 is 2.06 bits per heavy atom. The molecule has 1 aliphatic carbocycles. The van der Waals surface area contributed by atoms with Gasteiger partial charge in [-0.25, -0.2) is 19.6 Å². The number of anilines is 1. The summed E-state index contributed by atoms with van der Waals surface area (Å²) in [7, 11) is 0. The van der Waals surface area contributed by atoms with Crippen LogP contribution in [-0.4, -0.2) is 48.1 Å². The lowest BCUT2D eigenvalue weighted by Crippen LogP contribution is -2.35. The number of hydrogen-bond acceptors (Lipinski definition) is 7. The molecule has 3 unspecified atom stereocenters. The normalized spacial score (nSPS) is 23.0. The van der Waals surface area contributed by atoms with Crippen LogP contribution in [0.3, 0.4) is 0 Å². The summed E-state index contributed by atoms with van der Waals surface area (Å²) in [6, 6.07) is 6.53. The van der Waals surface area contributed by atoms with Crippen molar-refractivity contribution in [3.05, 3.63) is 42.7 Å². The monoisotopic (exact) mass is 431 g/mol. The summed E-state index contributed by atoms with van der Waals surface area (Å²) in [6.45, 7) is 4.42. The molecule has 1 aliphatic heterocycles. The van der Waals surface area contributed by atoms with Crippen molar-refractivity contribution in [2.24, 2.45) is 5.92 Å². The lowest BCUT2D eigenvalue weighted by molar-refractivity contribution is -0.126. The molecule has 1 amide bonds. The number of carbonyl (C=O) groups is 1. The minimum absolute atomic E-state index is 0.0172. The number of benzene rings is 1. The number of fused-ring (bicyclic) bond motifs is 3. The average molecular weight is 432 g/mol. The summed E-state index contributed by atoms with van der Waals surface area (Å²) in [6.07, 6.45) is 5.78. The molecule has 6 rings (SSSR count). The van der Waals surface area contributed by atoms with Crippen LogP contribution >= 0.6 is 11.3 Å². The fourth-order valence-electron chi connectivity index (χ4n) is 5.38. The number of hydrogen-bond donors (Lipinski definition) is 1. The highest BCUT2D eigenvalue weighted by atomic mass is 32.1. The summed E-state index contributed by atoms with van der Waals surface area (Å²) in [5, 5.41) is 5.82. The van der Waals surface area contributed by atoms with E-state index in [0.29, 0.717) is 11.7 Å². The maximum atomic E-state index is 12.3. The largest absolute Gasteiger partial charge is 0.383 e. The topological polar surface area (TPSA) is 103 Å². The van der Waals surface area contributed by atoms with Crippen molar-refractivity contribution in [2.75, 3.05) is 12.3 Å². The molecule has 1 aromatic carbocycles. The van der Waals surface area contributed by atoms with Crippen LogP contribution in [0.2, 0.25) is 0 Å². The molecule has 156 valence electrons. The predicted molar refractivity (Wildman–Crippen MR) is 120 cm³/mol. The second-order valence-corrected chi connectivity index (χ2v) is 9.07. The zero-order chi connectivity index (χ0) is 21.1. The Balaban J connectivity index is 1.47. The van der Waals surface area contributed by atoms with Crippen LogP contribution < -0.4 is 5.73 Å². The summed E-state index contributed by atoms with van der Waals surface area (Å²) >= 11 is 1.60. The van der Waals surface area contributed by atoms with Crippen LogP contribution in [0.1, 0.15) is 25.3 Å². The van der Waals surface area contributed by atoms with Crippen molar-refractivity contribution in [3.8, 4) is 11.3 Å². The van der Waals surface area contributed by atoms with Gasteiger partial charge >= 0.3 is 0 Å². The Labute approximate surface area is 182 Å². The van der Waals surface area contributed by atoms with Gasteiger partial charge in [0.25, 0.3) is 0 Å². The number of likely N-dealkylation sites (tertiary alicyclic amines) is 1. The Bertz CT molecular complexity index is 1340. The minimum atomic E-state index is 0.0172. The van der Waals surface area contributed by atoms with E-state index >= 15 is 0 Å². The molecular weight excluding hydrogens is 410 g/mol. The molecule has 1 saturated carbocycles. The second-order valence-electron chi connectivity index (χ2n) is 8.19. The van der Waals surface area contributed by atoms with Gasteiger partial charge < -0.3 is 10.6 Å². The van der Waals surface area contributed by atoms with Crippen molar-refractivity contribution >= 4 is 44.3 Å². The number of aromatic nitrogens is 5. The number of nitrogens with zero attached hydrogens (tertiary/aromatic N) is 6. The van der Waals surface area contributed by atoms with Crippen molar-refractivity contribution in [1.29, 1.82) is 0 Å². The van der Waals surface area contributed by atoms with Gasteiger partial charge in [0, 0.05) is 24.1 Å². The van der Waals surface area contributed by atoms with Crippen LogP contribution in [0, 0.1) is 5.92 Å². The first kappa shape index (κ1) is 18.4. The van der Waals surface area contributed by atoms with E-state index in [2.05, 4.69) is 27.6 Å². The third-order valence-corrected chi connectivity index (χ3v) is 7.54. The predicted octanol–water partition coefficient (Wildman–Crippen LogP) is 3.42. The number of carbonyl (C=O) groups excluding carboxylic acids is 1. The zero-order valence-corrected chi connectivity index (χ0v) is 17.6. The Hall–Kier alpha value is -3.33. The summed E-state index contributed by atoms with van der Waals surface area (Å²) in [5.41, 5.74) is 11.7. The van der Waals surface area contributed by atoms with Crippen LogP contribution in [0.4, 0.5) is 5.82 Å². The van der Waals surface area contributed by atoms with Crippen molar-refractivity contribution in [2.45, 2.75) is 31.3 Å². The fourth-order valence-corrected chi connectivity index (χ4v) is 6.09. The molecule has 3 atom stereocenters. The zero-order valence-electron chi connectivity index (χ0n) is 16.8. The lowest BCUT2D eigenvalue weighted by Gasteiger charge is -2.23. The molecule has 2 fully saturated rings. The van der Waals surface area contributed by atoms with Gasteiger partial charge in [0.15, 0.2) is 5.65 Å². The first-order valence-electron chi connectivity index (χ1n) is 10.4.